The number of ether oxygens (including phenoxy) is 3. The van der Waals surface area contributed by atoms with E-state index in [0.717, 1.165) is 12.1 Å². The Hall–Kier alpha value is -3.12. The van der Waals surface area contributed by atoms with Crippen LogP contribution in [0.4, 0.5) is 13.2 Å². The molecule has 1 saturated heterocycles. The van der Waals surface area contributed by atoms with Crippen LogP contribution in [0.5, 0.6) is 5.75 Å². The summed E-state index contributed by atoms with van der Waals surface area (Å²) >= 11 is 6.43. The highest BCUT2D eigenvalue weighted by Gasteiger charge is 2.32. The molecule has 0 spiro atoms. The Morgan fingerprint density at radius 3 is 2.44 bits per heavy atom. The fourth-order valence-corrected chi connectivity index (χ4v) is 3.87. The number of hydrazine groups is 1. The molecular weight excluding hydrogens is 501 g/mol. The highest BCUT2D eigenvalue weighted by atomic mass is 35.5. The lowest BCUT2D eigenvalue weighted by Gasteiger charge is -2.26. The first-order valence-corrected chi connectivity index (χ1v) is 11.5. The van der Waals surface area contributed by atoms with Gasteiger partial charge in [0.15, 0.2) is 11.4 Å². The molecule has 8 nitrogen and oxygen atoms in total. The number of methoxy groups -OCH3 is 1. The summed E-state index contributed by atoms with van der Waals surface area (Å²) in [6, 6.07) is 11.3. The molecule has 12 heteroatoms. The van der Waals surface area contributed by atoms with Gasteiger partial charge in [-0.15, -0.1) is 0 Å². The Balaban J connectivity index is 1.85. The van der Waals surface area contributed by atoms with Crippen molar-refractivity contribution in [3.8, 4) is 22.7 Å². The van der Waals surface area contributed by atoms with Crippen LogP contribution in [0.3, 0.4) is 0 Å². The number of nitrogens with zero attached hydrogens (tertiary/aromatic N) is 3. The predicted octanol–water partition coefficient (Wildman–Crippen LogP) is 4.21. The Labute approximate surface area is 210 Å². The zero-order chi connectivity index (χ0) is 25.7. The Morgan fingerprint density at radius 2 is 1.81 bits per heavy atom. The molecule has 0 atom stereocenters. The molecule has 1 aromatic heterocycles. The van der Waals surface area contributed by atoms with E-state index in [-0.39, 0.29) is 30.4 Å². The fourth-order valence-electron chi connectivity index (χ4n) is 3.66. The predicted molar refractivity (Wildman–Crippen MR) is 126 cm³/mol. The van der Waals surface area contributed by atoms with Crippen molar-refractivity contribution in [2.75, 3.05) is 46.6 Å². The molecule has 1 aliphatic heterocycles. The van der Waals surface area contributed by atoms with Gasteiger partial charge in [-0.1, -0.05) is 35.9 Å². The first-order valence-electron chi connectivity index (χ1n) is 11.1. The van der Waals surface area contributed by atoms with Crippen LogP contribution in [0.25, 0.3) is 16.9 Å². The summed E-state index contributed by atoms with van der Waals surface area (Å²) in [4.78, 5) is 13.3. The molecule has 0 bridgehead atoms. The number of nitrogens with one attached hydrogen (secondary N) is 1. The second-order valence-electron chi connectivity index (χ2n) is 7.85. The third-order valence-electron chi connectivity index (χ3n) is 5.43. The lowest BCUT2D eigenvalue weighted by atomic mass is 10.1. The van der Waals surface area contributed by atoms with Crippen molar-refractivity contribution in [1.29, 1.82) is 0 Å². The third kappa shape index (κ3) is 5.81. The molecule has 2 aromatic carbocycles. The summed E-state index contributed by atoms with van der Waals surface area (Å²) in [5.41, 5.74) is 3.01. The van der Waals surface area contributed by atoms with Crippen molar-refractivity contribution in [2.45, 2.75) is 6.18 Å². The van der Waals surface area contributed by atoms with Crippen LogP contribution in [0.15, 0.2) is 48.5 Å². The topological polar surface area (TPSA) is 77.8 Å². The van der Waals surface area contributed by atoms with Crippen molar-refractivity contribution in [3.05, 3.63) is 64.8 Å². The quantitative estimate of drug-likeness (QED) is 0.445. The molecule has 36 heavy (non-hydrogen) atoms. The molecular formula is C24H24ClF3N4O4. The average molecular weight is 525 g/mol. The van der Waals surface area contributed by atoms with Gasteiger partial charge in [-0.3, -0.25) is 10.2 Å². The zero-order valence-electron chi connectivity index (χ0n) is 19.3. The molecule has 192 valence electrons. The average Bonchev–Trinajstić information content (AvgIpc) is 3.24. The van der Waals surface area contributed by atoms with Crippen molar-refractivity contribution < 1.29 is 32.2 Å². The SMILES string of the molecule is COCCOc1c(C(=O)NN2CCOCC2)nn(-c2ccccc2Cl)c1-c1ccc(C(F)(F)F)cc1. The van der Waals surface area contributed by atoms with E-state index in [0.29, 0.717) is 42.6 Å². The molecule has 1 fully saturated rings. The van der Waals surface area contributed by atoms with E-state index < -0.39 is 17.6 Å². The van der Waals surface area contributed by atoms with E-state index in [4.69, 9.17) is 25.8 Å². The number of carbonyl (C=O) groups excluding carboxylic acids is 1. The van der Waals surface area contributed by atoms with Gasteiger partial charge >= 0.3 is 6.18 Å². The number of para-hydroxylation sites is 1. The maximum atomic E-state index is 13.3. The summed E-state index contributed by atoms with van der Waals surface area (Å²) in [6.07, 6.45) is -4.50. The van der Waals surface area contributed by atoms with Gasteiger partial charge in [0.05, 0.1) is 36.1 Å². The molecule has 3 aromatic rings. The van der Waals surface area contributed by atoms with Crippen LogP contribution in [0, 0.1) is 0 Å². The molecule has 2 heterocycles. The van der Waals surface area contributed by atoms with Crippen LogP contribution in [0.2, 0.25) is 5.02 Å². The highest BCUT2D eigenvalue weighted by molar-refractivity contribution is 6.32. The van der Waals surface area contributed by atoms with Crippen LogP contribution in [0.1, 0.15) is 16.1 Å². The second kappa shape index (κ2) is 11.3. The third-order valence-corrected chi connectivity index (χ3v) is 5.75. The first kappa shape index (κ1) is 26.0. The van der Waals surface area contributed by atoms with Gasteiger partial charge in [-0.25, -0.2) is 9.69 Å². The van der Waals surface area contributed by atoms with Crippen LogP contribution in [-0.4, -0.2) is 67.3 Å². The van der Waals surface area contributed by atoms with Crippen LogP contribution in [-0.2, 0) is 15.7 Å². The van der Waals surface area contributed by atoms with Gasteiger partial charge < -0.3 is 14.2 Å². The van der Waals surface area contributed by atoms with E-state index in [1.807, 2.05) is 0 Å². The minimum absolute atomic E-state index is 0.0487. The van der Waals surface area contributed by atoms with E-state index in [1.165, 1.54) is 23.9 Å². The summed E-state index contributed by atoms with van der Waals surface area (Å²) in [6.45, 7) is 2.19. The number of hydrogen-bond acceptors (Lipinski definition) is 6. The minimum Gasteiger partial charge on any atom is -0.486 e. The Kier molecular flexibility index (Phi) is 8.14. The van der Waals surface area contributed by atoms with Gasteiger partial charge in [-0.2, -0.15) is 18.3 Å². The summed E-state index contributed by atoms with van der Waals surface area (Å²) in [5, 5.41) is 6.54. The normalized spacial score (nSPS) is 14.6. The molecule has 1 aliphatic rings. The number of alkyl halides is 3. The largest absolute Gasteiger partial charge is 0.486 e. The first-order chi connectivity index (χ1) is 17.3. The standard InChI is InChI=1S/C24H24ClF3N4O4/c1-34-14-15-36-22-20(23(33)30-31-10-12-35-13-11-31)29-32(19-5-3-2-4-18(19)25)21(22)16-6-8-17(9-7-16)24(26,27)28/h2-9H,10-15H2,1H3,(H,30,33). The number of rotatable bonds is 8. The monoisotopic (exact) mass is 524 g/mol. The number of halogens is 4. The second-order valence-corrected chi connectivity index (χ2v) is 8.25. The zero-order valence-corrected chi connectivity index (χ0v) is 20.1. The van der Waals surface area contributed by atoms with Crippen molar-refractivity contribution in [3.63, 3.8) is 0 Å². The van der Waals surface area contributed by atoms with Crippen molar-refractivity contribution in [1.82, 2.24) is 20.2 Å². The van der Waals surface area contributed by atoms with E-state index in [1.54, 1.807) is 29.3 Å². The Morgan fingerprint density at radius 1 is 1.11 bits per heavy atom. The van der Waals surface area contributed by atoms with Gasteiger partial charge in [0.25, 0.3) is 5.91 Å². The minimum atomic E-state index is -4.50. The maximum absolute atomic E-state index is 13.3. The molecule has 0 unspecified atom stereocenters. The van der Waals surface area contributed by atoms with Crippen LogP contribution < -0.4 is 10.2 Å². The van der Waals surface area contributed by atoms with Gasteiger partial charge in [0, 0.05) is 25.8 Å². The number of morpholine rings is 1. The van der Waals surface area contributed by atoms with Gasteiger partial charge in [-0.05, 0) is 24.3 Å². The number of carbonyl (C=O) groups is 1. The summed E-state index contributed by atoms with van der Waals surface area (Å²) in [5.74, 6) is -0.444. The molecule has 0 radical (unpaired) electrons. The van der Waals surface area contributed by atoms with Crippen molar-refractivity contribution >= 4 is 17.5 Å². The van der Waals surface area contributed by atoms with Crippen LogP contribution >= 0.6 is 11.6 Å². The summed E-state index contributed by atoms with van der Waals surface area (Å²) < 4.78 is 57.3. The maximum Gasteiger partial charge on any atom is 0.416 e. The smallest absolute Gasteiger partial charge is 0.416 e. The highest BCUT2D eigenvalue weighted by Crippen LogP contribution is 2.38. The van der Waals surface area contributed by atoms with E-state index >= 15 is 0 Å². The number of hydrogen-bond donors (Lipinski definition) is 1. The number of aromatic nitrogens is 2. The number of amides is 1. The van der Waals surface area contributed by atoms with E-state index in [2.05, 4.69) is 10.5 Å². The molecule has 1 amide bonds. The molecule has 4 rings (SSSR count). The molecule has 0 saturated carbocycles. The Bertz CT molecular complexity index is 1200. The summed E-state index contributed by atoms with van der Waals surface area (Å²) in [7, 11) is 1.50. The lowest BCUT2D eigenvalue weighted by molar-refractivity contribution is -0.137. The lowest BCUT2D eigenvalue weighted by Crippen LogP contribution is -2.48. The van der Waals surface area contributed by atoms with Gasteiger partial charge in [0.2, 0.25) is 0 Å². The fraction of sp³-hybridized carbons (Fsp3) is 0.333. The van der Waals surface area contributed by atoms with E-state index in [9.17, 15) is 18.0 Å². The van der Waals surface area contributed by atoms with Crippen molar-refractivity contribution in [2.24, 2.45) is 0 Å². The van der Waals surface area contributed by atoms with Gasteiger partial charge in [0.1, 0.15) is 12.3 Å². The number of benzene rings is 2. The molecule has 0 aliphatic carbocycles. The molecule has 1 N–H and O–H groups in total.